The van der Waals surface area contributed by atoms with Gasteiger partial charge in [-0.2, -0.15) is 0 Å². The molecule has 1 N–H and O–H groups in total. The van der Waals surface area contributed by atoms with E-state index in [1.165, 1.54) is 4.31 Å². The lowest BCUT2D eigenvalue weighted by atomic mass is 9.92. The van der Waals surface area contributed by atoms with E-state index in [9.17, 15) is 18.3 Å². The first-order valence-corrected chi connectivity index (χ1v) is 11.3. The van der Waals surface area contributed by atoms with Gasteiger partial charge in [0.2, 0.25) is 10.0 Å². The predicted molar refractivity (Wildman–Crippen MR) is 98.6 cm³/mol. The van der Waals surface area contributed by atoms with E-state index in [1.54, 1.807) is 0 Å². The number of nitrogens with zero attached hydrogens (tertiary/aromatic N) is 1. The fourth-order valence-electron chi connectivity index (χ4n) is 3.93. The maximum Gasteiger partial charge on any atom is 0.326 e. The molecule has 2 fully saturated rings. The summed E-state index contributed by atoms with van der Waals surface area (Å²) in [5.74, 6) is -0.707. The number of hydrogen-bond donors (Lipinski definition) is 1. The van der Waals surface area contributed by atoms with Crippen molar-refractivity contribution in [3.05, 3.63) is 0 Å². The molecule has 7 nitrogen and oxygen atoms in total. The largest absolute Gasteiger partial charge is 0.480 e. The summed E-state index contributed by atoms with van der Waals surface area (Å²) in [6.07, 6.45) is 6.16. The van der Waals surface area contributed by atoms with Crippen LogP contribution in [0.4, 0.5) is 0 Å². The summed E-state index contributed by atoms with van der Waals surface area (Å²) in [5, 5.41) is 9.64. The molecule has 26 heavy (non-hydrogen) atoms. The molecule has 0 saturated carbocycles. The number of hydrogen-bond acceptors (Lipinski definition) is 5. The van der Waals surface area contributed by atoms with Crippen LogP contribution < -0.4 is 0 Å². The minimum absolute atomic E-state index is 0.0322. The van der Waals surface area contributed by atoms with Crippen LogP contribution >= 0.6 is 0 Å². The molecule has 0 aromatic carbocycles. The number of carboxylic acids is 1. The van der Waals surface area contributed by atoms with Crippen molar-refractivity contribution in [2.24, 2.45) is 5.92 Å². The van der Waals surface area contributed by atoms with Crippen molar-refractivity contribution >= 4 is 16.0 Å². The molecule has 2 heterocycles. The maximum absolute atomic E-state index is 13.0. The minimum atomic E-state index is -3.87. The molecule has 0 aromatic heterocycles. The van der Waals surface area contributed by atoms with Gasteiger partial charge < -0.3 is 14.6 Å². The smallest absolute Gasteiger partial charge is 0.326 e. The summed E-state index contributed by atoms with van der Waals surface area (Å²) in [4.78, 5) is 11.8. The van der Waals surface area contributed by atoms with Crippen LogP contribution in [0.5, 0.6) is 0 Å². The molecule has 0 aromatic rings. The van der Waals surface area contributed by atoms with Crippen LogP contribution in [-0.4, -0.2) is 68.1 Å². The van der Waals surface area contributed by atoms with Crippen LogP contribution in [0.2, 0.25) is 0 Å². The molecule has 0 spiro atoms. The van der Waals surface area contributed by atoms with Gasteiger partial charge in [0.05, 0.1) is 0 Å². The van der Waals surface area contributed by atoms with Gasteiger partial charge in [0, 0.05) is 52.4 Å². The Morgan fingerprint density at radius 3 is 2.42 bits per heavy atom. The van der Waals surface area contributed by atoms with E-state index in [2.05, 4.69) is 0 Å². The van der Waals surface area contributed by atoms with Gasteiger partial charge in [0.25, 0.3) is 0 Å². The van der Waals surface area contributed by atoms with Gasteiger partial charge in [-0.1, -0.05) is 19.3 Å². The topological polar surface area (TPSA) is 93.1 Å². The van der Waals surface area contributed by atoms with Crippen molar-refractivity contribution in [2.45, 2.75) is 63.0 Å². The van der Waals surface area contributed by atoms with E-state index in [4.69, 9.17) is 9.47 Å². The van der Waals surface area contributed by atoms with E-state index < -0.39 is 20.7 Å². The molecule has 2 aliphatic heterocycles. The number of carboxylic acid groups (broad SMARTS) is 1. The number of piperidine rings is 1. The van der Waals surface area contributed by atoms with Gasteiger partial charge in [0.15, 0.2) is 4.75 Å². The molecular weight excluding hydrogens is 358 g/mol. The van der Waals surface area contributed by atoms with Crippen LogP contribution in [0.15, 0.2) is 0 Å². The van der Waals surface area contributed by atoms with E-state index >= 15 is 0 Å². The second-order valence-electron chi connectivity index (χ2n) is 7.31. The summed E-state index contributed by atoms with van der Waals surface area (Å²) < 4.78 is 36.3. The second kappa shape index (κ2) is 10.0. The molecule has 0 aliphatic carbocycles. The van der Waals surface area contributed by atoms with Crippen molar-refractivity contribution in [3.8, 4) is 0 Å². The summed E-state index contributed by atoms with van der Waals surface area (Å²) in [7, 11) is -3.87. The molecule has 2 saturated heterocycles. The van der Waals surface area contributed by atoms with Gasteiger partial charge >= 0.3 is 5.97 Å². The summed E-state index contributed by atoms with van der Waals surface area (Å²) in [5.41, 5.74) is 0. The van der Waals surface area contributed by atoms with E-state index in [1.807, 2.05) is 6.92 Å². The van der Waals surface area contributed by atoms with Gasteiger partial charge in [-0.3, -0.25) is 4.79 Å². The summed E-state index contributed by atoms with van der Waals surface area (Å²) in [6, 6.07) is 0. The first kappa shape index (κ1) is 21.6. The molecule has 0 bridgehead atoms. The van der Waals surface area contributed by atoms with E-state index in [0.717, 1.165) is 51.7 Å². The number of rotatable bonds is 10. The van der Waals surface area contributed by atoms with Crippen LogP contribution in [0, 0.1) is 5.92 Å². The third kappa shape index (κ3) is 4.97. The second-order valence-corrected chi connectivity index (χ2v) is 9.55. The Hall–Kier alpha value is -0.700. The monoisotopic (exact) mass is 391 g/mol. The molecule has 8 heteroatoms. The highest BCUT2D eigenvalue weighted by molar-refractivity contribution is 7.91. The molecule has 152 valence electrons. The normalized spacial score (nSPS) is 22.3. The highest BCUT2D eigenvalue weighted by Gasteiger charge is 2.54. The number of unbranched alkanes of at least 4 members (excludes halogenated alkanes) is 2. The fraction of sp³-hybridized carbons (Fsp3) is 0.944. The number of carbonyl (C=O) groups is 1. The van der Waals surface area contributed by atoms with Gasteiger partial charge in [-0.05, 0) is 32.1 Å². The standard InChI is InChI=1S/C18H33NO6S/c1-2-24-13-5-3-4-6-16-7-11-19(12-8-16)26(22,23)18(17(20)21)9-14-25-15-10-18/h16H,2-15H2,1H3,(H,20,21). The minimum Gasteiger partial charge on any atom is -0.480 e. The maximum atomic E-state index is 13.0. The first-order chi connectivity index (χ1) is 12.4. The van der Waals surface area contributed by atoms with Crippen LogP contribution in [0.25, 0.3) is 0 Å². The van der Waals surface area contributed by atoms with Crippen LogP contribution in [-0.2, 0) is 24.3 Å². The van der Waals surface area contributed by atoms with Gasteiger partial charge in [-0.15, -0.1) is 0 Å². The molecule has 0 unspecified atom stereocenters. The zero-order valence-electron chi connectivity index (χ0n) is 15.8. The zero-order valence-corrected chi connectivity index (χ0v) is 16.6. The first-order valence-electron chi connectivity index (χ1n) is 9.82. The van der Waals surface area contributed by atoms with E-state index in [-0.39, 0.29) is 26.1 Å². The molecule has 2 aliphatic rings. The van der Waals surface area contributed by atoms with Crippen molar-refractivity contribution in [1.29, 1.82) is 0 Å². The Balaban J connectivity index is 1.83. The molecule has 0 amide bonds. The van der Waals surface area contributed by atoms with Crippen molar-refractivity contribution in [1.82, 2.24) is 4.31 Å². The molecule has 0 radical (unpaired) electrons. The van der Waals surface area contributed by atoms with Gasteiger partial charge in [-0.25, -0.2) is 12.7 Å². The lowest BCUT2D eigenvalue weighted by Gasteiger charge is -2.39. The third-order valence-electron chi connectivity index (χ3n) is 5.70. The van der Waals surface area contributed by atoms with Crippen molar-refractivity contribution in [2.75, 3.05) is 39.5 Å². The zero-order chi connectivity index (χ0) is 19.0. The van der Waals surface area contributed by atoms with Crippen molar-refractivity contribution < 1.29 is 27.8 Å². The molecular formula is C18H33NO6S. The molecule has 0 atom stereocenters. The number of ether oxygens (including phenoxy) is 2. The van der Waals surface area contributed by atoms with Crippen LogP contribution in [0.3, 0.4) is 0 Å². The SMILES string of the molecule is CCOCCCCCC1CCN(S(=O)(=O)C2(C(=O)O)CCOCC2)CC1. The van der Waals surface area contributed by atoms with Gasteiger partial charge in [0.1, 0.15) is 0 Å². The Morgan fingerprint density at radius 2 is 1.85 bits per heavy atom. The fourth-order valence-corrected chi connectivity index (χ4v) is 6.02. The third-order valence-corrected chi connectivity index (χ3v) is 8.32. The Kier molecular flexibility index (Phi) is 8.32. The average molecular weight is 392 g/mol. The number of sulfonamides is 1. The molecule has 2 rings (SSSR count). The van der Waals surface area contributed by atoms with E-state index in [0.29, 0.717) is 19.0 Å². The lowest BCUT2D eigenvalue weighted by molar-refractivity contribution is -0.142. The highest BCUT2D eigenvalue weighted by atomic mass is 32.2. The summed E-state index contributed by atoms with van der Waals surface area (Å²) >= 11 is 0. The number of aliphatic carboxylic acids is 1. The Bertz CT molecular complexity index is 536. The lowest BCUT2D eigenvalue weighted by Crippen LogP contribution is -2.57. The highest BCUT2D eigenvalue weighted by Crippen LogP contribution is 2.35. The average Bonchev–Trinajstić information content (AvgIpc) is 2.65. The Labute approximate surface area is 157 Å². The summed E-state index contributed by atoms with van der Waals surface area (Å²) in [6.45, 7) is 4.80. The van der Waals surface area contributed by atoms with Crippen molar-refractivity contribution in [3.63, 3.8) is 0 Å². The quantitative estimate of drug-likeness (QED) is 0.574. The predicted octanol–water partition coefficient (Wildman–Crippen LogP) is 2.26. The Morgan fingerprint density at radius 1 is 1.19 bits per heavy atom. The van der Waals surface area contributed by atoms with Crippen LogP contribution in [0.1, 0.15) is 58.3 Å².